The number of aromatic nitrogens is 2. The van der Waals surface area contributed by atoms with Crippen LogP contribution in [0.3, 0.4) is 0 Å². The maximum atomic E-state index is 13.1. The molecule has 8 nitrogen and oxygen atoms in total. The molecular formula is C34H40N4O4. The maximum absolute atomic E-state index is 13.1. The summed E-state index contributed by atoms with van der Waals surface area (Å²) in [6.45, 7) is 10.8. The number of likely N-dealkylation sites (tertiary alicyclic amines) is 1. The number of hydrogen-bond acceptors (Lipinski definition) is 5. The Morgan fingerprint density at radius 1 is 0.881 bits per heavy atom. The van der Waals surface area contributed by atoms with Crippen LogP contribution in [0, 0.1) is 25.2 Å². The van der Waals surface area contributed by atoms with Gasteiger partial charge in [-0.1, -0.05) is 71.8 Å². The summed E-state index contributed by atoms with van der Waals surface area (Å²) in [6, 6.07) is 24.4. The van der Waals surface area contributed by atoms with Gasteiger partial charge in [0.05, 0.1) is 29.5 Å². The topological polar surface area (TPSA) is 89.6 Å². The van der Waals surface area contributed by atoms with Crippen molar-refractivity contribution in [2.24, 2.45) is 5.92 Å². The fourth-order valence-electron chi connectivity index (χ4n) is 5.28. The van der Waals surface area contributed by atoms with E-state index >= 15 is 0 Å². The second-order valence-corrected chi connectivity index (χ2v) is 12.3. The molecule has 2 heterocycles. The van der Waals surface area contributed by atoms with Gasteiger partial charge in [-0.05, 0) is 64.3 Å². The van der Waals surface area contributed by atoms with Crippen LogP contribution in [0.15, 0.2) is 72.8 Å². The molecule has 1 N–H and O–H groups in total. The highest BCUT2D eigenvalue weighted by molar-refractivity contribution is 5.78. The van der Waals surface area contributed by atoms with E-state index < -0.39 is 11.7 Å². The first kappa shape index (κ1) is 29.2. The zero-order chi connectivity index (χ0) is 30.0. The molecule has 0 spiro atoms. The first-order chi connectivity index (χ1) is 20.0. The normalized spacial score (nSPS) is 14.5. The van der Waals surface area contributed by atoms with Gasteiger partial charge in [-0.3, -0.25) is 10.2 Å². The molecule has 0 unspecified atom stereocenters. The Hall–Kier alpha value is -4.33. The summed E-state index contributed by atoms with van der Waals surface area (Å²) in [4.78, 5) is 26.9. The minimum absolute atomic E-state index is 0.116. The summed E-state index contributed by atoms with van der Waals surface area (Å²) in [5.41, 5.74) is 6.22. The Morgan fingerprint density at radius 2 is 1.45 bits per heavy atom. The van der Waals surface area contributed by atoms with Crippen LogP contribution in [0.2, 0.25) is 0 Å². The number of ether oxygens (including phenoxy) is 2. The number of hydrogen-bond donors (Lipinski definition) is 1. The number of nitrogens with one attached hydrogen (secondary N) is 1. The van der Waals surface area contributed by atoms with E-state index in [1.807, 2.05) is 54.2 Å². The lowest BCUT2D eigenvalue weighted by atomic mass is 10.0. The van der Waals surface area contributed by atoms with Crippen molar-refractivity contribution >= 4 is 23.1 Å². The summed E-state index contributed by atoms with van der Waals surface area (Å²) in [6.07, 6.45) is 0.178. The molecule has 1 aromatic heterocycles. The van der Waals surface area contributed by atoms with E-state index in [-0.39, 0.29) is 37.6 Å². The number of benzene rings is 3. The molecular weight excluding hydrogens is 528 g/mol. The predicted molar refractivity (Wildman–Crippen MR) is 162 cm³/mol. The van der Waals surface area contributed by atoms with Crippen LogP contribution in [-0.2, 0) is 27.2 Å². The molecule has 1 saturated heterocycles. The number of nitrogens with zero attached hydrogens (tertiary/aromatic N) is 3. The molecule has 1 amide bonds. The Morgan fingerprint density at radius 3 is 2.05 bits per heavy atom. The fourth-order valence-corrected chi connectivity index (χ4v) is 5.28. The van der Waals surface area contributed by atoms with E-state index in [0.717, 1.165) is 22.2 Å². The van der Waals surface area contributed by atoms with Gasteiger partial charge in [-0.15, -0.1) is 0 Å². The van der Waals surface area contributed by atoms with Crippen LogP contribution in [0.4, 0.5) is 4.79 Å². The van der Waals surface area contributed by atoms with Crippen molar-refractivity contribution in [2.45, 2.75) is 59.2 Å². The zero-order valence-corrected chi connectivity index (χ0v) is 25.1. The van der Waals surface area contributed by atoms with Gasteiger partial charge < -0.3 is 23.5 Å². The van der Waals surface area contributed by atoms with Gasteiger partial charge >= 0.3 is 12.1 Å². The molecule has 0 radical (unpaired) electrons. The monoisotopic (exact) mass is 568 g/mol. The molecule has 1 aliphatic heterocycles. The SMILES string of the molecule is Cc1ccc(C[C@@H](COC(=O)C2CN(C(=O)OC(C)(C)C)C2)n2c(=N)n(Cc3ccc(C)cc3)c3ccccc32)cc1. The smallest absolute Gasteiger partial charge is 0.410 e. The second-order valence-electron chi connectivity index (χ2n) is 12.3. The van der Waals surface area contributed by atoms with Crippen molar-refractivity contribution in [3.05, 3.63) is 101 Å². The van der Waals surface area contributed by atoms with Gasteiger partial charge in [-0.25, -0.2) is 4.79 Å². The summed E-state index contributed by atoms with van der Waals surface area (Å²) in [7, 11) is 0. The quantitative estimate of drug-likeness (QED) is 0.273. The number of carbonyl (C=O) groups excluding carboxylic acids is 2. The van der Waals surface area contributed by atoms with Gasteiger partial charge in [0.1, 0.15) is 12.2 Å². The number of amides is 1. The Labute approximate surface area is 247 Å². The Kier molecular flexibility index (Phi) is 8.25. The number of para-hydroxylation sites is 2. The predicted octanol–water partition coefficient (Wildman–Crippen LogP) is 5.78. The average molecular weight is 569 g/mol. The van der Waals surface area contributed by atoms with E-state index in [0.29, 0.717) is 18.6 Å². The maximum Gasteiger partial charge on any atom is 0.410 e. The first-order valence-electron chi connectivity index (χ1n) is 14.5. The highest BCUT2D eigenvalue weighted by Crippen LogP contribution is 2.25. The van der Waals surface area contributed by atoms with Crippen molar-refractivity contribution in [1.82, 2.24) is 14.0 Å². The van der Waals surface area contributed by atoms with Crippen LogP contribution in [0.5, 0.6) is 0 Å². The summed E-state index contributed by atoms with van der Waals surface area (Å²) >= 11 is 0. The third-order valence-electron chi connectivity index (χ3n) is 7.62. The van der Waals surface area contributed by atoms with Crippen molar-refractivity contribution in [2.75, 3.05) is 19.7 Å². The van der Waals surface area contributed by atoms with Crippen LogP contribution in [-0.4, -0.2) is 51.4 Å². The van der Waals surface area contributed by atoms with E-state index in [2.05, 4.69) is 62.4 Å². The zero-order valence-electron chi connectivity index (χ0n) is 25.1. The third-order valence-corrected chi connectivity index (χ3v) is 7.62. The molecule has 220 valence electrons. The lowest BCUT2D eigenvalue weighted by Gasteiger charge is -2.38. The number of imidazole rings is 1. The van der Waals surface area contributed by atoms with Gasteiger partial charge in [0.15, 0.2) is 0 Å². The van der Waals surface area contributed by atoms with Crippen molar-refractivity contribution in [3.63, 3.8) is 0 Å². The van der Waals surface area contributed by atoms with Gasteiger partial charge in [0, 0.05) is 13.1 Å². The van der Waals surface area contributed by atoms with E-state index in [9.17, 15) is 15.0 Å². The van der Waals surface area contributed by atoms with Crippen molar-refractivity contribution < 1.29 is 19.1 Å². The largest absolute Gasteiger partial charge is 0.463 e. The molecule has 0 saturated carbocycles. The molecule has 4 aromatic rings. The lowest BCUT2D eigenvalue weighted by molar-refractivity contribution is -0.155. The molecule has 1 aliphatic rings. The molecule has 8 heteroatoms. The number of carbonyl (C=O) groups is 2. The molecule has 42 heavy (non-hydrogen) atoms. The van der Waals surface area contributed by atoms with Gasteiger partial charge in [0.2, 0.25) is 5.62 Å². The molecule has 1 atom stereocenters. The van der Waals surface area contributed by atoms with Crippen LogP contribution >= 0.6 is 0 Å². The summed E-state index contributed by atoms with van der Waals surface area (Å²) in [5.74, 6) is -0.722. The number of fused-ring (bicyclic) bond motifs is 1. The highest BCUT2D eigenvalue weighted by atomic mass is 16.6. The fraction of sp³-hybridized carbons (Fsp3) is 0.382. The summed E-state index contributed by atoms with van der Waals surface area (Å²) < 4.78 is 15.3. The van der Waals surface area contributed by atoms with Gasteiger partial charge in [0.25, 0.3) is 0 Å². The van der Waals surface area contributed by atoms with E-state index in [4.69, 9.17) is 9.47 Å². The van der Waals surface area contributed by atoms with Gasteiger partial charge in [-0.2, -0.15) is 0 Å². The van der Waals surface area contributed by atoms with Crippen LogP contribution in [0.1, 0.15) is 49.1 Å². The Balaban J connectivity index is 1.39. The molecule has 0 bridgehead atoms. The minimum atomic E-state index is -0.588. The van der Waals surface area contributed by atoms with Crippen molar-refractivity contribution in [3.8, 4) is 0 Å². The third kappa shape index (κ3) is 6.59. The molecule has 5 rings (SSSR count). The second kappa shape index (κ2) is 11.9. The Bertz CT molecular complexity index is 1620. The van der Waals surface area contributed by atoms with Crippen LogP contribution in [0.25, 0.3) is 11.0 Å². The molecule has 0 aliphatic carbocycles. The van der Waals surface area contributed by atoms with Crippen LogP contribution < -0.4 is 5.62 Å². The molecule has 1 fully saturated rings. The van der Waals surface area contributed by atoms with E-state index in [1.165, 1.54) is 16.0 Å². The first-order valence-corrected chi connectivity index (χ1v) is 14.5. The minimum Gasteiger partial charge on any atom is -0.463 e. The lowest BCUT2D eigenvalue weighted by Crippen LogP contribution is -2.54. The van der Waals surface area contributed by atoms with E-state index in [1.54, 1.807) is 0 Å². The average Bonchev–Trinajstić information content (AvgIpc) is 3.18. The summed E-state index contributed by atoms with van der Waals surface area (Å²) in [5, 5.41) is 9.29. The highest BCUT2D eigenvalue weighted by Gasteiger charge is 2.39. The number of esters is 1. The standard InChI is InChI=1S/C34H40N4O4/c1-23-10-14-25(15-11-23)18-28(22-41-31(39)27-20-36(21-27)33(40)42-34(3,4)5)38-30-9-7-6-8-29(30)37(32(38)35)19-26-16-12-24(2)13-17-26/h6-17,27-28,35H,18-22H2,1-5H3/t28-/m0/s1. The number of rotatable bonds is 8. The number of aryl methyl sites for hydroxylation is 2. The molecule has 3 aromatic carbocycles. The van der Waals surface area contributed by atoms with Crippen molar-refractivity contribution in [1.29, 1.82) is 5.41 Å².